The average Bonchev–Trinajstić information content (AvgIpc) is 3.33. The molecule has 0 radical (unpaired) electrons. The molecule has 2 atom stereocenters. The van der Waals surface area contributed by atoms with Gasteiger partial charge in [0.25, 0.3) is 10.1 Å². The third kappa shape index (κ3) is 10.2. The molecule has 1 heterocycles. The summed E-state index contributed by atoms with van der Waals surface area (Å²) in [6, 6.07) is 6.16. The molecule has 1 fully saturated rings. The van der Waals surface area contributed by atoms with Crippen LogP contribution in [0.1, 0.15) is 28.5 Å². The fourth-order valence-electron chi connectivity index (χ4n) is 1.18. The van der Waals surface area contributed by atoms with Crippen molar-refractivity contribution in [1.29, 1.82) is 0 Å². The predicted octanol–water partition coefficient (Wildman–Crippen LogP) is 3.44. The molecule has 0 amide bonds. The Labute approximate surface area is 143 Å². The Kier molecular flexibility index (Phi) is 9.78. The van der Waals surface area contributed by atoms with Gasteiger partial charge in [-0.05, 0) is 44.5 Å². The monoisotopic (exact) mass is 393 g/mol. The molecule has 0 bridgehead atoms. The summed E-state index contributed by atoms with van der Waals surface area (Å²) >= 11 is 3.21. The number of hydrogen-bond donors (Lipinski definition) is 0. The van der Waals surface area contributed by atoms with Gasteiger partial charge in [-0.1, -0.05) is 22.9 Å². The fourth-order valence-corrected chi connectivity index (χ4v) is 2.45. The Hall–Kier alpha value is -0.565. The summed E-state index contributed by atoms with van der Waals surface area (Å²) < 4.78 is 49.4. The van der Waals surface area contributed by atoms with E-state index in [1.165, 1.54) is 25.4 Å². The van der Waals surface area contributed by atoms with Gasteiger partial charge in [0.15, 0.2) is 0 Å². The van der Waals surface area contributed by atoms with Gasteiger partial charge in [0.05, 0.1) is 23.7 Å². The smallest absolute Gasteiger partial charge is 0.297 e. The van der Waals surface area contributed by atoms with Crippen LogP contribution in [0.15, 0.2) is 33.6 Å². The first kappa shape index (κ1) is 19.5. The average molecular weight is 394 g/mol. The van der Waals surface area contributed by atoms with E-state index in [0.29, 0.717) is 6.10 Å². The number of benzene rings is 1. The molecule has 0 aliphatic carbocycles. The van der Waals surface area contributed by atoms with Crippen LogP contribution in [-0.2, 0) is 23.7 Å². The zero-order chi connectivity index (χ0) is 17.9. The summed E-state index contributed by atoms with van der Waals surface area (Å²) in [6.45, 7) is 6.05. The normalized spacial score (nSPS) is 17.6. The van der Waals surface area contributed by atoms with E-state index in [4.69, 9.17) is 15.0 Å². The molecule has 124 valence electrons. The molecule has 1 aliphatic rings. The van der Waals surface area contributed by atoms with Gasteiger partial charge in [0, 0.05) is 5.84 Å². The summed E-state index contributed by atoms with van der Waals surface area (Å²) in [4.78, 5) is 0.103. The van der Waals surface area contributed by atoms with E-state index < -0.39 is 16.2 Å². The molecule has 0 aromatic heterocycles. The van der Waals surface area contributed by atoms with Crippen LogP contribution in [0, 0.1) is 0 Å². The molecule has 1 aromatic carbocycles. The molecule has 1 aliphatic heterocycles. The van der Waals surface area contributed by atoms with Crippen molar-refractivity contribution in [2.75, 3.05) is 6.61 Å². The van der Waals surface area contributed by atoms with Crippen LogP contribution in [0.2, 0.25) is 6.82 Å². The predicted molar refractivity (Wildman–Crippen MR) is 89.9 cm³/mol. The van der Waals surface area contributed by atoms with Gasteiger partial charge in [-0.3, -0.25) is 4.18 Å². The first-order chi connectivity index (χ1) is 10.8. The summed E-state index contributed by atoms with van der Waals surface area (Å²) in [6.07, 6.45) is 1.20. The van der Waals surface area contributed by atoms with Crippen molar-refractivity contribution >= 4 is 33.2 Å². The van der Waals surface area contributed by atoms with Gasteiger partial charge in [-0.15, -0.1) is 0 Å². The van der Waals surface area contributed by atoms with Crippen LogP contribution >= 0.6 is 15.9 Å². The van der Waals surface area contributed by atoms with Crippen molar-refractivity contribution in [2.45, 2.75) is 51.1 Å². The van der Waals surface area contributed by atoms with Crippen molar-refractivity contribution in [3.8, 4) is 0 Å². The zero-order valence-corrected chi connectivity index (χ0v) is 15.4. The molecule has 0 N–H and O–H groups in total. The molecule has 1 saturated heterocycles. The van der Waals surface area contributed by atoms with Crippen LogP contribution in [0.3, 0.4) is 0 Å². The summed E-state index contributed by atoms with van der Waals surface area (Å²) in [7, 11) is -2.98. The Morgan fingerprint density at radius 3 is 2.32 bits per heavy atom. The minimum Gasteiger partial charge on any atom is -0.373 e. The summed E-state index contributed by atoms with van der Waals surface area (Å²) in [5.41, 5.74) is 0. The summed E-state index contributed by atoms with van der Waals surface area (Å²) in [5.74, 6) is 0. The number of rotatable bonds is 4. The van der Waals surface area contributed by atoms with Crippen LogP contribution in [0.4, 0.5) is 0 Å². The third-order valence-corrected chi connectivity index (χ3v) is 4.21. The van der Waals surface area contributed by atoms with Crippen molar-refractivity contribution in [3.63, 3.8) is 0 Å². The quantitative estimate of drug-likeness (QED) is 0.445. The summed E-state index contributed by atoms with van der Waals surface area (Å²) in [5, 5.41) is 0. The molecular weight excluding hydrogens is 371 g/mol. The maximum Gasteiger partial charge on any atom is 0.297 e. The number of halogens is 1. The minimum absolute atomic E-state index is 0.0875. The molecule has 22 heavy (non-hydrogen) atoms. The Balaban J connectivity index is 0.000000496. The van der Waals surface area contributed by atoms with Crippen molar-refractivity contribution in [3.05, 3.63) is 28.7 Å². The van der Waals surface area contributed by atoms with E-state index in [1.54, 1.807) is 19.1 Å². The first-order valence-electron chi connectivity index (χ1n) is 7.50. The molecule has 1 aromatic rings. The second-order valence-corrected chi connectivity index (χ2v) is 6.90. The van der Waals surface area contributed by atoms with Crippen LogP contribution in [0.5, 0.6) is 0 Å². The molecule has 0 spiro atoms. The van der Waals surface area contributed by atoms with Crippen molar-refractivity contribution in [1.82, 2.24) is 0 Å². The topological polar surface area (TPSA) is 73.0 Å². The van der Waals surface area contributed by atoms with Crippen LogP contribution in [0.25, 0.3) is 0 Å². The number of epoxide rings is 1. The maximum atomic E-state index is 11.6. The van der Waals surface area contributed by atoms with E-state index in [0.717, 1.165) is 18.2 Å². The van der Waals surface area contributed by atoms with E-state index in [2.05, 4.69) is 22.9 Å². The van der Waals surface area contributed by atoms with Gasteiger partial charge in [-0.2, -0.15) is 8.42 Å². The molecule has 2 rings (SSSR count). The Bertz CT molecular complexity index is 549. The van der Waals surface area contributed by atoms with Gasteiger partial charge >= 0.3 is 18.7 Å². The molecule has 0 saturated carbocycles. The third-order valence-electron chi connectivity index (χ3n) is 2.25. The van der Waals surface area contributed by atoms with Gasteiger partial charge in [0.1, 0.15) is 0 Å². The maximum absolute atomic E-state index is 11.6. The van der Waals surface area contributed by atoms with Crippen molar-refractivity contribution < 1.29 is 23.4 Å². The molecule has 8 heteroatoms. The second-order valence-electron chi connectivity index (χ2n) is 4.41. The van der Waals surface area contributed by atoms with E-state index >= 15 is 0 Å². The van der Waals surface area contributed by atoms with Crippen molar-refractivity contribution in [2.24, 2.45) is 0 Å². The van der Waals surface area contributed by atoms with Gasteiger partial charge < -0.3 is 4.74 Å². The standard InChI is InChI=1S/C9H11BrO3S.C4H8O.CH3BO/c1-7(2)13-14(11,12)9-5-3-8(10)4-6-9;1-2-4-3-5-4;1-2-3/h3-7H,1-2H3;4H,2-3H2,1H3;1H3/t;4-;/m.1./s1/i1D;;/t7-;;/m0../s1. The van der Waals surface area contributed by atoms with Gasteiger partial charge in [0.2, 0.25) is 0 Å². The molecule has 5 nitrogen and oxygen atoms in total. The number of hydrogen-bond acceptors (Lipinski definition) is 5. The van der Waals surface area contributed by atoms with Gasteiger partial charge in [-0.25, -0.2) is 0 Å². The minimum atomic E-state index is -3.73. The fraction of sp³-hybridized carbons (Fsp3) is 0.571. The SMILES string of the molecule is CB=O.CC[C@@H]1CO1.[2H]C[C@@H](C)OS(=O)(=O)c1ccc(Br)cc1. The zero-order valence-electron chi connectivity index (χ0n) is 14.0. The largest absolute Gasteiger partial charge is 0.373 e. The molecular formula is C14H22BBrO5S. The Morgan fingerprint density at radius 2 is 2.00 bits per heavy atom. The molecule has 0 unspecified atom stereocenters. The van der Waals surface area contributed by atoms with Crippen LogP contribution < -0.4 is 0 Å². The van der Waals surface area contributed by atoms with E-state index in [9.17, 15) is 8.42 Å². The Morgan fingerprint density at radius 1 is 1.50 bits per heavy atom. The number of ether oxygens (including phenoxy) is 1. The van der Waals surface area contributed by atoms with E-state index in [1.807, 2.05) is 0 Å². The van der Waals surface area contributed by atoms with E-state index in [-0.39, 0.29) is 11.8 Å². The first-order valence-corrected chi connectivity index (χ1v) is 9.00. The van der Waals surface area contributed by atoms with Crippen LogP contribution in [-0.4, -0.2) is 34.4 Å². The second kappa shape index (κ2) is 11.0.